The van der Waals surface area contributed by atoms with Gasteiger partial charge in [0.1, 0.15) is 6.07 Å². The number of rotatable bonds is 5. The molecule has 0 saturated heterocycles. The molecule has 0 aliphatic heterocycles. The van der Waals surface area contributed by atoms with E-state index in [1.807, 2.05) is 26.0 Å². The van der Waals surface area contributed by atoms with E-state index in [-0.39, 0.29) is 11.5 Å². The number of hydrazone groups is 1. The lowest BCUT2D eigenvalue weighted by molar-refractivity contribution is 1.07. The Morgan fingerprint density at radius 2 is 1.85 bits per heavy atom. The van der Waals surface area contributed by atoms with Crippen LogP contribution in [0.5, 0.6) is 0 Å². The van der Waals surface area contributed by atoms with Crippen LogP contribution in [0.4, 0.5) is 5.69 Å². The Bertz CT molecular complexity index is 605. The second-order valence-electron chi connectivity index (χ2n) is 4.09. The van der Waals surface area contributed by atoms with Gasteiger partial charge in [-0.15, -0.1) is 0 Å². The summed E-state index contributed by atoms with van der Waals surface area (Å²) in [4.78, 5) is 0. The number of aryl methyl sites for hydroxylation is 2. The summed E-state index contributed by atoms with van der Waals surface area (Å²) in [7, 11) is 0. The van der Waals surface area contributed by atoms with Crippen molar-refractivity contribution in [2.45, 2.75) is 26.7 Å². The van der Waals surface area contributed by atoms with Gasteiger partial charge in [-0.05, 0) is 36.1 Å². The average Bonchev–Trinajstić information content (AvgIpc) is 2.46. The summed E-state index contributed by atoms with van der Waals surface area (Å²) in [5.41, 5.74) is 11.0. The van der Waals surface area contributed by atoms with Gasteiger partial charge in [-0.1, -0.05) is 13.8 Å². The van der Waals surface area contributed by atoms with E-state index in [0.717, 1.165) is 24.0 Å². The average molecular weight is 268 g/mol. The van der Waals surface area contributed by atoms with Crippen LogP contribution in [0, 0.1) is 28.1 Å². The van der Waals surface area contributed by atoms with Crippen LogP contribution < -0.4 is 11.2 Å². The minimum Gasteiger partial charge on any atom is -0.382 e. The van der Waals surface area contributed by atoms with Crippen molar-refractivity contribution in [3.05, 3.63) is 28.8 Å². The summed E-state index contributed by atoms with van der Waals surface area (Å²) in [6.07, 6.45) is 1.46. The molecule has 4 N–H and O–H groups in total. The number of amidine groups is 1. The molecule has 0 amide bonds. The maximum atomic E-state index is 9.20. The van der Waals surface area contributed by atoms with E-state index < -0.39 is 0 Å². The summed E-state index contributed by atoms with van der Waals surface area (Å²) in [6.45, 7) is 3.94. The van der Waals surface area contributed by atoms with E-state index in [9.17, 15) is 5.26 Å². The summed E-state index contributed by atoms with van der Waals surface area (Å²) in [5.74, 6) is -0.389. The van der Waals surface area contributed by atoms with Crippen molar-refractivity contribution in [2.75, 3.05) is 5.43 Å². The molecule has 0 aliphatic rings. The third-order valence-corrected chi connectivity index (χ3v) is 2.83. The molecule has 1 aromatic carbocycles. The van der Waals surface area contributed by atoms with Crippen molar-refractivity contribution in [1.82, 2.24) is 0 Å². The fraction of sp³-hybridized carbons (Fsp3) is 0.286. The fourth-order valence-electron chi connectivity index (χ4n) is 1.80. The molecule has 0 aromatic heterocycles. The van der Waals surface area contributed by atoms with Crippen LogP contribution in [0.2, 0.25) is 0 Å². The van der Waals surface area contributed by atoms with Crippen LogP contribution in [-0.4, -0.2) is 11.5 Å². The quantitative estimate of drug-likeness (QED) is 0.429. The van der Waals surface area contributed by atoms with Crippen LogP contribution in [0.1, 0.15) is 30.5 Å². The second kappa shape index (κ2) is 6.91. The van der Waals surface area contributed by atoms with E-state index in [0.29, 0.717) is 11.3 Å². The summed E-state index contributed by atoms with van der Waals surface area (Å²) in [5, 5.41) is 28.9. The fourth-order valence-corrected chi connectivity index (χ4v) is 1.80. The second-order valence-corrected chi connectivity index (χ2v) is 4.09. The molecule has 0 radical (unpaired) electrons. The number of nitriles is 2. The molecule has 0 atom stereocenters. The van der Waals surface area contributed by atoms with Crippen molar-refractivity contribution in [2.24, 2.45) is 10.8 Å². The summed E-state index contributed by atoms with van der Waals surface area (Å²) < 4.78 is 0. The highest BCUT2D eigenvalue weighted by Crippen LogP contribution is 2.22. The molecule has 6 heteroatoms. The molecule has 0 saturated carbocycles. The molecular formula is C14H16N6. The summed E-state index contributed by atoms with van der Waals surface area (Å²) in [6, 6.07) is 7.59. The highest BCUT2D eigenvalue weighted by atomic mass is 15.3. The van der Waals surface area contributed by atoms with Crippen molar-refractivity contribution in [3.8, 4) is 12.1 Å². The van der Waals surface area contributed by atoms with Crippen LogP contribution >= 0.6 is 0 Å². The molecule has 0 bridgehead atoms. The van der Waals surface area contributed by atoms with Gasteiger partial charge in [-0.3, -0.25) is 10.8 Å². The van der Waals surface area contributed by atoms with E-state index in [4.69, 9.17) is 16.4 Å². The Morgan fingerprint density at radius 1 is 1.30 bits per heavy atom. The van der Waals surface area contributed by atoms with Gasteiger partial charge in [0.2, 0.25) is 5.71 Å². The van der Waals surface area contributed by atoms with Gasteiger partial charge in [0.25, 0.3) is 0 Å². The van der Waals surface area contributed by atoms with Crippen LogP contribution in [0.3, 0.4) is 0 Å². The minimum absolute atomic E-state index is 0.176. The predicted octanol–water partition coefficient (Wildman–Crippen LogP) is 1.91. The lowest BCUT2D eigenvalue weighted by Gasteiger charge is -2.10. The highest BCUT2D eigenvalue weighted by molar-refractivity contribution is 6.45. The zero-order chi connectivity index (χ0) is 15.1. The number of anilines is 1. The molecule has 20 heavy (non-hydrogen) atoms. The molecule has 0 fully saturated rings. The van der Waals surface area contributed by atoms with Crippen molar-refractivity contribution in [1.29, 1.82) is 15.9 Å². The Hall–Kier alpha value is -2.86. The van der Waals surface area contributed by atoms with E-state index in [2.05, 4.69) is 16.6 Å². The third-order valence-electron chi connectivity index (χ3n) is 2.83. The maximum Gasteiger partial charge on any atom is 0.201 e. The van der Waals surface area contributed by atoms with Crippen molar-refractivity contribution in [3.63, 3.8) is 0 Å². The Labute approximate surface area is 118 Å². The Kier molecular flexibility index (Phi) is 5.25. The molecule has 1 rings (SSSR count). The van der Waals surface area contributed by atoms with Gasteiger partial charge >= 0.3 is 0 Å². The first-order chi connectivity index (χ1) is 9.57. The van der Waals surface area contributed by atoms with Crippen LogP contribution in [-0.2, 0) is 12.8 Å². The number of nitrogens with one attached hydrogen (secondary N) is 2. The molecule has 0 spiro atoms. The smallest absolute Gasteiger partial charge is 0.201 e. The SMILES string of the molecule is CCc1cc(N/N=C(\C#N)C(=N)N)cc(CC)c1C#N. The number of hydrogen-bond donors (Lipinski definition) is 3. The molecule has 0 aliphatic carbocycles. The van der Waals surface area contributed by atoms with Crippen molar-refractivity contribution >= 4 is 17.2 Å². The minimum atomic E-state index is -0.389. The maximum absolute atomic E-state index is 9.20. The van der Waals surface area contributed by atoms with Gasteiger partial charge in [0.05, 0.1) is 17.3 Å². The van der Waals surface area contributed by atoms with Gasteiger partial charge in [0, 0.05) is 0 Å². The summed E-state index contributed by atoms with van der Waals surface area (Å²) >= 11 is 0. The number of nitrogens with zero attached hydrogens (tertiary/aromatic N) is 3. The largest absolute Gasteiger partial charge is 0.382 e. The van der Waals surface area contributed by atoms with Gasteiger partial charge in [-0.25, -0.2) is 0 Å². The predicted molar refractivity (Wildman–Crippen MR) is 78.5 cm³/mol. The topological polar surface area (TPSA) is 122 Å². The molecular weight excluding hydrogens is 252 g/mol. The van der Waals surface area contributed by atoms with E-state index >= 15 is 0 Å². The van der Waals surface area contributed by atoms with Crippen LogP contribution in [0.25, 0.3) is 0 Å². The molecule has 0 heterocycles. The molecule has 1 aromatic rings. The normalized spacial score (nSPS) is 10.5. The lowest BCUT2D eigenvalue weighted by atomic mass is 9.97. The molecule has 102 valence electrons. The molecule has 0 unspecified atom stereocenters. The molecule has 6 nitrogen and oxygen atoms in total. The van der Waals surface area contributed by atoms with Crippen molar-refractivity contribution < 1.29 is 0 Å². The zero-order valence-corrected chi connectivity index (χ0v) is 11.5. The van der Waals surface area contributed by atoms with Gasteiger partial charge in [-0.2, -0.15) is 15.6 Å². The number of benzene rings is 1. The van der Waals surface area contributed by atoms with E-state index in [1.54, 1.807) is 6.07 Å². The van der Waals surface area contributed by atoms with Gasteiger partial charge < -0.3 is 5.73 Å². The third kappa shape index (κ3) is 3.33. The monoisotopic (exact) mass is 268 g/mol. The van der Waals surface area contributed by atoms with E-state index in [1.165, 1.54) is 0 Å². The Morgan fingerprint density at radius 3 is 2.20 bits per heavy atom. The standard InChI is InChI=1S/C14H16N6/c1-3-9-5-11(6-10(4-2)12(9)7-15)19-20-13(8-16)14(17)18/h5-6,19H,3-4H2,1-2H3,(H3,17,18)/b20-13+. The first kappa shape index (κ1) is 15.2. The number of hydrogen-bond acceptors (Lipinski definition) is 5. The highest BCUT2D eigenvalue weighted by Gasteiger charge is 2.09. The first-order valence-electron chi connectivity index (χ1n) is 6.21. The Balaban J connectivity index is 3.19. The van der Waals surface area contributed by atoms with Gasteiger partial charge in [0.15, 0.2) is 5.84 Å². The first-order valence-corrected chi connectivity index (χ1v) is 6.21. The van der Waals surface area contributed by atoms with Crippen LogP contribution in [0.15, 0.2) is 17.2 Å². The number of nitrogens with two attached hydrogens (primary N) is 1. The zero-order valence-electron chi connectivity index (χ0n) is 11.5. The lowest BCUT2D eigenvalue weighted by Crippen LogP contribution is -2.21.